The van der Waals surface area contributed by atoms with Gasteiger partial charge < -0.3 is 14.2 Å². The van der Waals surface area contributed by atoms with Gasteiger partial charge in [0.25, 0.3) is 11.1 Å². The number of imide groups is 1. The van der Waals surface area contributed by atoms with E-state index >= 15 is 0 Å². The van der Waals surface area contributed by atoms with Crippen molar-refractivity contribution in [1.82, 2.24) is 4.90 Å². The number of thioether (sulfide) groups is 1. The fourth-order valence-corrected chi connectivity index (χ4v) is 3.72. The van der Waals surface area contributed by atoms with E-state index in [2.05, 4.69) is 4.74 Å². The van der Waals surface area contributed by atoms with Crippen molar-refractivity contribution in [2.45, 2.75) is 13.5 Å². The smallest absolute Gasteiger partial charge is 0.343 e. The van der Waals surface area contributed by atoms with Crippen LogP contribution in [0.5, 0.6) is 11.5 Å². The van der Waals surface area contributed by atoms with Gasteiger partial charge in [-0.15, -0.1) is 0 Å². The molecule has 2 aromatic carbocycles. The van der Waals surface area contributed by atoms with Gasteiger partial charge in [0.15, 0.2) is 18.1 Å². The van der Waals surface area contributed by atoms with Gasteiger partial charge in [-0.1, -0.05) is 29.8 Å². The van der Waals surface area contributed by atoms with Crippen LogP contribution in [0.2, 0.25) is 5.02 Å². The van der Waals surface area contributed by atoms with Crippen LogP contribution in [0.15, 0.2) is 47.4 Å². The molecule has 7 nitrogen and oxygen atoms in total. The minimum absolute atomic E-state index is 0.170. The van der Waals surface area contributed by atoms with Crippen molar-refractivity contribution in [3.63, 3.8) is 0 Å². The summed E-state index contributed by atoms with van der Waals surface area (Å²) in [7, 11) is 1.28. The molecule has 162 valence electrons. The Kier molecular flexibility index (Phi) is 7.59. The van der Waals surface area contributed by atoms with Gasteiger partial charge in [-0.05, 0) is 60.2 Å². The number of carbonyl (C=O) groups is 3. The Labute approximate surface area is 188 Å². The van der Waals surface area contributed by atoms with Crippen LogP contribution in [0, 0.1) is 0 Å². The molecule has 2 aromatic rings. The standard InChI is InChI=1S/C22H20ClNO6S/c1-3-29-18-10-15(6-9-17(18)30-13-20(25)28-2)11-19-21(26)24(22(27)31-19)12-14-4-7-16(23)8-5-14/h4-11H,3,12-13H2,1-2H3. The number of ether oxygens (including phenoxy) is 3. The SMILES string of the molecule is CCOc1cc(C=C2SC(=O)N(Cc3ccc(Cl)cc3)C2=O)ccc1OCC(=O)OC. The largest absolute Gasteiger partial charge is 0.490 e. The van der Waals surface area contributed by atoms with E-state index in [1.165, 1.54) is 12.0 Å². The van der Waals surface area contributed by atoms with Crippen molar-refractivity contribution in [3.05, 3.63) is 63.5 Å². The fourth-order valence-electron chi connectivity index (χ4n) is 2.76. The Morgan fingerprint density at radius 2 is 1.84 bits per heavy atom. The lowest BCUT2D eigenvalue weighted by Gasteiger charge is -2.13. The predicted molar refractivity (Wildman–Crippen MR) is 118 cm³/mol. The molecule has 1 aliphatic heterocycles. The molecular weight excluding hydrogens is 442 g/mol. The monoisotopic (exact) mass is 461 g/mol. The minimum Gasteiger partial charge on any atom is -0.490 e. The number of carbonyl (C=O) groups excluding carboxylic acids is 3. The lowest BCUT2D eigenvalue weighted by molar-refractivity contribution is -0.142. The lowest BCUT2D eigenvalue weighted by atomic mass is 10.1. The van der Waals surface area contributed by atoms with Crippen molar-refractivity contribution in [1.29, 1.82) is 0 Å². The van der Waals surface area contributed by atoms with Gasteiger partial charge in [0.2, 0.25) is 0 Å². The first-order chi connectivity index (χ1) is 14.9. The molecule has 9 heteroatoms. The molecule has 1 fully saturated rings. The number of rotatable bonds is 8. The van der Waals surface area contributed by atoms with Gasteiger partial charge in [-0.25, -0.2) is 4.79 Å². The molecule has 0 atom stereocenters. The zero-order chi connectivity index (χ0) is 22.4. The second-order valence-electron chi connectivity index (χ2n) is 6.40. The number of hydrogen-bond acceptors (Lipinski definition) is 7. The summed E-state index contributed by atoms with van der Waals surface area (Å²) in [5, 5.41) is 0.246. The summed E-state index contributed by atoms with van der Waals surface area (Å²) in [5.74, 6) is -0.0874. The first kappa shape index (κ1) is 22.7. The number of benzene rings is 2. The van der Waals surface area contributed by atoms with Gasteiger partial charge in [0, 0.05) is 5.02 Å². The highest BCUT2D eigenvalue weighted by molar-refractivity contribution is 8.18. The van der Waals surface area contributed by atoms with Crippen LogP contribution in [0.3, 0.4) is 0 Å². The maximum absolute atomic E-state index is 12.8. The van der Waals surface area contributed by atoms with Crippen molar-refractivity contribution in [2.75, 3.05) is 20.3 Å². The van der Waals surface area contributed by atoms with Gasteiger partial charge >= 0.3 is 5.97 Å². The maximum atomic E-state index is 12.8. The minimum atomic E-state index is -0.513. The maximum Gasteiger partial charge on any atom is 0.343 e. The molecule has 0 radical (unpaired) electrons. The van der Waals surface area contributed by atoms with E-state index in [-0.39, 0.29) is 24.3 Å². The zero-order valence-corrected chi connectivity index (χ0v) is 18.5. The van der Waals surface area contributed by atoms with E-state index in [9.17, 15) is 14.4 Å². The van der Waals surface area contributed by atoms with Crippen LogP contribution in [-0.4, -0.2) is 42.3 Å². The summed E-state index contributed by atoms with van der Waals surface area (Å²) in [6, 6.07) is 12.0. The average Bonchev–Trinajstić information content (AvgIpc) is 3.02. The third-order valence-electron chi connectivity index (χ3n) is 4.27. The van der Waals surface area contributed by atoms with Crippen molar-refractivity contribution >= 4 is 46.6 Å². The molecule has 0 bridgehead atoms. The normalized spacial score (nSPS) is 14.8. The first-order valence-corrected chi connectivity index (χ1v) is 10.6. The summed E-state index contributed by atoms with van der Waals surface area (Å²) in [5.41, 5.74) is 1.46. The topological polar surface area (TPSA) is 82.1 Å². The Morgan fingerprint density at radius 1 is 1.10 bits per heavy atom. The molecule has 1 aliphatic rings. The number of nitrogens with zero attached hydrogens (tertiary/aromatic N) is 1. The average molecular weight is 462 g/mol. The van der Waals surface area contributed by atoms with Crippen LogP contribution in [0.25, 0.3) is 6.08 Å². The van der Waals surface area contributed by atoms with Crippen molar-refractivity contribution < 1.29 is 28.6 Å². The number of amides is 2. The second-order valence-corrected chi connectivity index (χ2v) is 7.83. The van der Waals surface area contributed by atoms with Crippen LogP contribution in [0.4, 0.5) is 4.79 Å². The highest BCUT2D eigenvalue weighted by Crippen LogP contribution is 2.35. The van der Waals surface area contributed by atoms with E-state index in [1.54, 1.807) is 48.5 Å². The Morgan fingerprint density at radius 3 is 2.52 bits per heavy atom. The highest BCUT2D eigenvalue weighted by Gasteiger charge is 2.35. The molecule has 3 rings (SSSR count). The summed E-state index contributed by atoms with van der Waals surface area (Å²) in [6.07, 6.45) is 1.62. The van der Waals surface area contributed by atoms with Crippen LogP contribution in [0.1, 0.15) is 18.1 Å². The lowest BCUT2D eigenvalue weighted by Crippen LogP contribution is -2.27. The van der Waals surface area contributed by atoms with Gasteiger partial charge in [-0.3, -0.25) is 14.5 Å². The molecule has 0 saturated carbocycles. The van der Waals surface area contributed by atoms with E-state index in [1.807, 2.05) is 6.92 Å². The quantitative estimate of drug-likeness (QED) is 0.422. The van der Waals surface area contributed by atoms with Gasteiger partial charge in [0.05, 0.1) is 25.2 Å². The first-order valence-electron chi connectivity index (χ1n) is 9.37. The van der Waals surface area contributed by atoms with Crippen LogP contribution in [-0.2, 0) is 20.9 Å². The molecule has 31 heavy (non-hydrogen) atoms. The van der Waals surface area contributed by atoms with E-state index in [0.29, 0.717) is 33.6 Å². The number of halogens is 1. The zero-order valence-electron chi connectivity index (χ0n) is 16.9. The molecule has 2 amide bonds. The molecule has 0 N–H and O–H groups in total. The second kappa shape index (κ2) is 10.4. The third kappa shape index (κ3) is 5.80. The predicted octanol–water partition coefficient (Wildman–Crippen LogP) is 4.53. The molecule has 1 heterocycles. The summed E-state index contributed by atoms with van der Waals surface area (Å²) in [4.78, 5) is 37.9. The Bertz CT molecular complexity index is 1020. The molecule has 0 spiro atoms. The Balaban J connectivity index is 1.77. The van der Waals surface area contributed by atoms with E-state index in [4.69, 9.17) is 21.1 Å². The molecule has 0 aromatic heterocycles. The van der Waals surface area contributed by atoms with Gasteiger partial charge in [-0.2, -0.15) is 0 Å². The molecular formula is C22H20ClNO6S. The number of methoxy groups -OCH3 is 1. The summed E-state index contributed by atoms with van der Waals surface area (Å²) < 4.78 is 15.6. The van der Waals surface area contributed by atoms with Crippen molar-refractivity contribution in [3.8, 4) is 11.5 Å². The van der Waals surface area contributed by atoms with Crippen LogP contribution < -0.4 is 9.47 Å². The van der Waals surface area contributed by atoms with E-state index < -0.39 is 5.97 Å². The number of esters is 1. The van der Waals surface area contributed by atoms with E-state index in [0.717, 1.165) is 17.3 Å². The third-order valence-corrected chi connectivity index (χ3v) is 5.43. The molecule has 0 unspecified atom stereocenters. The molecule has 0 aliphatic carbocycles. The highest BCUT2D eigenvalue weighted by atomic mass is 35.5. The molecule has 1 saturated heterocycles. The number of hydrogen-bond donors (Lipinski definition) is 0. The fraction of sp³-hybridized carbons (Fsp3) is 0.227. The van der Waals surface area contributed by atoms with Crippen LogP contribution >= 0.6 is 23.4 Å². The Hall–Kier alpha value is -2.97. The summed E-state index contributed by atoms with van der Waals surface area (Å²) >= 11 is 6.76. The van der Waals surface area contributed by atoms with Gasteiger partial charge in [0.1, 0.15) is 0 Å². The van der Waals surface area contributed by atoms with Crippen molar-refractivity contribution in [2.24, 2.45) is 0 Å². The summed E-state index contributed by atoms with van der Waals surface area (Å²) in [6.45, 7) is 2.12.